The number of carbonyl (C=O) groups is 1. The molecule has 4 rings (SSSR count). The van der Waals surface area contributed by atoms with E-state index in [0.717, 1.165) is 44.2 Å². The largest absolute Gasteiger partial charge is 0.381 e. The van der Waals surface area contributed by atoms with Crippen LogP contribution in [-0.4, -0.2) is 66.6 Å². The Morgan fingerprint density at radius 3 is 2.92 bits per heavy atom. The van der Waals surface area contributed by atoms with E-state index in [2.05, 4.69) is 14.8 Å². The minimum Gasteiger partial charge on any atom is -0.381 e. The molecule has 1 aromatic rings. The van der Waals surface area contributed by atoms with E-state index >= 15 is 0 Å². The first-order valence-electron chi connectivity index (χ1n) is 10.2. The fraction of sp³-hybridized carbons (Fsp3) is 0.714. The molecule has 0 saturated carbocycles. The molecule has 5 nitrogen and oxygen atoms in total. The summed E-state index contributed by atoms with van der Waals surface area (Å²) in [4.78, 5) is 21.7. The van der Waals surface area contributed by atoms with E-state index < -0.39 is 0 Å². The second-order valence-corrected chi connectivity index (χ2v) is 8.50. The molecule has 5 heteroatoms. The van der Waals surface area contributed by atoms with E-state index in [1.807, 2.05) is 18.3 Å². The predicted molar refractivity (Wildman–Crippen MR) is 101 cm³/mol. The Morgan fingerprint density at radius 1 is 1.23 bits per heavy atom. The van der Waals surface area contributed by atoms with Gasteiger partial charge in [0.25, 0.3) is 0 Å². The summed E-state index contributed by atoms with van der Waals surface area (Å²) < 4.78 is 5.50. The Balaban J connectivity index is 1.32. The fourth-order valence-electron chi connectivity index (χ4n) is 5.02. The monoisotopic (exact) mass is 357 g/mol. The maximum Gasteiger partial charge on any atom is 0.227 e. The zero-order valence-corrected chi connectivity index (χ0v) is 15.7. The number of likely N-dealkylation sites (tertiary alicyclic amines) is 2. The Kier molecular flexibility index (Phi) is 5.55. The number of hydrogen-bond acceptors (Lipinski definition) is 4. The van der Waals surface area contributed by atoms with E-state index in [4.69, 9.17) is 4.74 Å². The van der Waals surface area contributed by atoms with E-state index in [9.17, 15) is 4.79 Å². The molecule has 26 heavy (non-hydrogen) atoms. The minimum absolute atomic E-state index is 0.264. The van der Waals surface area contributed by atoms with Crippen molar-refractivity contribution in [3.63, 3.8) is 0 Å². The van der Waals surface area contributed by atoms with Gasteiger partial charge in [-0.1, -0.05) is 6.07 Å². The van der Waals surface area contributed by atoms with Crippen LogP contribution < -0.4 is 0 Å². The Hall–Kier alpha value is -1.46. The number of nitrogens with zero attached hydrogens (tertiary/aromatic N) is 3. The second-order valence-electron chi connectivity index (χ2n) is 8.50. The van der Waals surface area contributed by atoms with Gasteiger partial charge in [0, 0.05) is 57.2 Å². The Bertz CT molecular complexity index is 603. The van der Waals surface area contributed by atoms with Gasteiger partial charge in [-0.05, 0) is 56.2 Å². The highest BCUT2D eigenvalue weighted by Gasteiger charge is 2.42. The summed E-state index contributed by atoms with van der Waals surface area (Å²) in [5.74, 6) is 1.06. The predicted octanol–water partition coefficient (Wildman–Crippen LogP) is 2.37. The molecule has 3 aliphatic heterocycles. The van der Waals surface area contributed by atoms with Crippen LogP contribution >= 0.6 is 0 Å². The molecule has 142 valence electrons. The first kappa shape index (κ1) is 17.9. The van der Waals surface area contributed by atoms with Crippen molar-refractivity contribution in [3.8, 4) is 0 Å². The van der Waals surface area contributed by atoms with Gasteiger partial charge in [-0.15, -0.1) is 0 Å². The average molecular weight is 357 g/mol. The third-order valence-corrected chi connectivity index (χ3v) is 6.47. The van der Waals surface area contributed by atoms with Gasteiger partial charge in [0.1, 0.15) is 0 Å². The van der Waals surface area contributed by atoms with Crippen LogP contribution in [0.25, 0.3) is 0 Å². The Labute approximate surface area is 156 Å². The molecule has 3 aliphatic rings. The van der Waals surface area contributed by atoms with Crippen molar-refractivity contribution in [2.75, 3.05) is 45.9 Å². The van der Waals surface area contributed by atoms with Crippen LogP contribution in [0.4, 0.5) is 0 Å². The number of amides is 1. The van der Waals surface area contributed by atoms with E-state index in [-0.39, 0.29) is 5.91 Å². The first-order valence-corrected chi connectivity index (χ1v) is 10.2. The molecule has 0 radical (unpaired) electrons. The maximum atomic E-state index is 12.8. The molecule has 0 bridgehead atoms. The van der Waals surface area contributed by atoms with Crippen LogP contribution in [0.3, 0.4) is 0 Å². The quantitative estimate of drug-likeness (QED) is 0.830. The number of ether oxygens (including phenoxy) is 1. The van der Waals surface area contributed by atoms with Gasteiger partial charge in [-0.25, -0.2) is 0 Å². The van der Waals surface area contributed by atoms with Crippen molar-refractivity contribution in [2.24, 2.45) is 11.3 Å². The SMILES string of the molecule is O=C(Cc1cccnc1)N1CCCC2(CCN(CC3CCOCC3)C2)C1. The van der Waals surface area contributed by atoms with Crippen LogP contribution in [0.5, 0.6) is 0 Å². The second kappa shape index (κ2) is 8.05. The number of pyridine rings is 1. The summed E-state index contributed by atoms with van der Waals surface area (Å²) in [6, 6.07) is 3.90. The smallest absolute Gasteiger partial charge is 0.227 e. The van der Waals surface area contributed by atoms with Crippen molar-refractivity contribution in [1.82, 2.24) is 14.8 Å². The highest BCUT2D eigenvalue weighted by Crippen LogP contribution is 2.39. The van der Waals surface area contributed by atoms with Gasteiger partial charge in [-0.2, -0.15) is 0 Å². The molecule has 4 heterocycles. The molecule has 0 N–H and O–H groups in total. The van der Waals surface area contributed by atoms with Crippen molar-refractivity contribution in [1.29, 1.82) is 0 Å². The Morgan fingerprint density at radius 2 is 2.12 bits per heavy atom. The lowest BCUT2D eigenvalue weighted by atomic mass is 9.79. The van der Waals surface area contributed by atoms with Crippen LogP contribution in [0.2, 0.25) is 0 Å². The lowest BCUT2D eigenvalue weighted by Crippen LogP contribution is -2.48. The number of rotatable bonds is 4. The number of hydrogen-bond donors (Lipinski definition) is 0. The number of piperidine rings is 1. The van der Waals surface area contributed by atoms with Gasteiger partial charge in [0.05, 0.1) is 6.42 Å². The average Bonchev–Trinajstić information content (AvgIpc) is 3.05. The highest BCUT2D eigenvalue weighted by molar-refractivity contribution is 5.78. The van der Waals surface area contributed by atoms with Crippen LogP contribution in [0, 0.1) is 11.3 Å². The fourth-order valence-corrected chi connectivity index (χ4v) is 5.02. The lowest BCUT2D eigenvalue weighted by Gasteiger charge is -2.41. The van der Waals surface area contributed by atoms with Crippen molar-refractivity contribution in [2.45, 2.75) is 38.5 Å². The zero-order valence-electron chi connectivity index (χ0n) is 15.7. The molecule has 3 fully saturated rings. The summed E-state index contributed by atoms with van der Waals surface area (Å²) in [5, 5.41) is 0. The molecular weight excluding hydrogens is 326 g/mol. The normalized spacial score (nSPS) is 27.9. The van der Waals surface area contributed by atoms with Gasteiger partial charge in [-0.3, -0.25) is 9.78 Å². The molecule has 1 unspecified atom stereocenters. The third-order valence-electron chi connectivity index (χ3n) is 6.47. The summed E-state index contributed by atoms with van der Waals surface area (Å²) in [7, 11) is 0. The summed E-state index contributed by atoms with van der Waals surface area (Å²) >= 11 is 0. The zero-order chi connectivity index (χ0) is 17.8. The van der Waals surface area contributed by atoms with Crippen LogP contribution in [0.15, 0.2) is 24.5 Å². The van der Waals surface area contributed by atoms with Crippen molar-refractivity contribution >= 4 is 5.91 Å². The van der Waals surface area contributed by atoms with Crippen LogP contribution in [-0.2, 0) is 16.0 Å². The van der Waals surface area contributed by atoms with Gasteiger partial charge in [0.15, 0.2) is 0 Å². The molecule has 1 spiro atoms. The molecule has 0 aromatic carbocycles. The number of carbonyl (C=O) groups excluding carboxylic acids is 1. The number of aromatic nitrogens is 1. The lowest BCUT2D eigenvalue weighted by molar-refractivity contribution is -0.133. The van der Waals surface area contributed by atoms with E-state index in [1.165, 1.54) is 45.3 Å². The molecular formula is C21H31N3O2. The van der Waals surface area contributed by atoms with Gasteiger partial charge < -0.3 is 14.5 Å². The standard InChI is InChI=1S/C21H31N3O2/c25-20(13-19-3-1-8-22-14-19)24-9-2-6-21(17-24)7-10-23(16-21)15-18-4-11-26-12-5-18/h1,3,8,14,18H,2,4-7,9-13,15-17H2. The first-order chi connectivity index (χ1) is 12.7. The summed E-state index contributed by atoms with van der Waals surface area (Å²) in [6.07, 6.45) is 10.1. The van der Waals surface area contributed by atoms with Crippen molar-refractivity contribution in [3.05, 3.63) is 30.1 Å². The van der Waals surface area contributed by atoms with Gasteiger partial charge in [0.2, 0.25) is 5.91 Å². The van der Waals surface area contributed by atoms with Gasteiger partial charge >= 0.3 is 0 Å². The third kappa shape index (κ3) is 4.26. The van der Waals surface area contributed by atoms with Crippen LogP contribution in [0.1, 0.15) is 37.7 Å². The maximum absolute atomic E-state index is 12.8. The molecule has 1 amide bonds. The topological polar surface area (TPSA) is 45.7 Å². The highest BCUT2D eigenvalue weighted by atomic mass is 16.5. The molecule has 0 aliphatic carbocycles. The van der Waals surface area contributed by atoms with E-state index in [0.29, 0.717) is 11.8 Å². The molecule has 1 aromatic heterocycles. The minimum atomic E-state index is 0.264. The molecule has 1 atom stereocenters. The van der Waals surface area contributed by atoms with E-state index in [1.54, 1.807) is 6.20 Å². The summed E-state index contributed by atoms with van der Waals surface area (Å²) in [6.45, 7) is 7.30. The van der Waals surface area contributed by atoms with Crippen molar-refractivity contribution < 1.29 is 9.53 Å². The molecule has 3 saturated heterocycles. The summed E-state index contributed by atoms with van der Waals surface area (Å²) in [5.41, 5.74) is 1.35.